The largest absolute Gasteiger partial charge is 0.507 e. The molecule has 7 heterocycles. The van der Waals surface area contributed by atoms with Crippen molar-refractivity contribution in [3.8, 4) is 39.4 Å². The van der Waals surface area contributed by atoms with Gasteiger partial charge in [0.05, 0.1) is 34.5 Å². The number of hydrogen-bond acceptors (Lipinski definition) is 12. The number of phenols is 1. The second-order valence-corrected chi connectivity index (χ2v) is 18.0. The number of piperidine rings is 1. The number of likely N-dealkylation sites (N-methyl/N-ethyl adjacent to an activating group) is 1. The number of hydrogen-bond donors (Lipinski definition) is 3. The van der Waals surface area contributed by atoms with Crippen LogP contribution in [0.5, 0.6) is 5.75 Å². The van der Waals surface area contributed by atoms with Crippen molar-refractivity contribution in [1.82, 2.24) is 45.0 Å². The molecule has 0 bridgehead atoms. The summed E-state index contributed by atoms with van der Waals surface area (Å²) in [5, 5.41) is 30.8. The fourth-order valence-electron chi connectivity index (χ4n) is 9.33. The summed E-state index contributed by atoms with van der Waals surface area (Å²) in [6.45, 7) is 21.4. The maximum absolute atomic E-state index is 12.8. The van der Waals surface area contributed by atoms with Gasteiger partial charge in [-0.3, -0.25) is 15.0 Å². The number of aromatic hydroxyl groups is 1. The molecule has 15 heteroatoms. The molecule has 0 aliphatic carbocycles. The molecule has 2 saturated heterocycles. The number of aromatic nitrogens is 7. The molecule has 2 fully saturated rings. The van der Waals surface area contributed by atoms with Crippen molar-refractivity contribution in [3.63, 3.8) is 0 Å². The van der Waals surface area contributed by atoms with Crippen LogP contribution in [0.2, 0.25) is 0 Å². The minimum absolute atomic E-state index is 0. The third-order valence-corrected chi connectivity index (χ3v) is 12.1. The summed E-state index contributed by atoms with van der Waals surface area (Å²) in [7, 11) is 2.09. The normalized spacial score (nSPS) is 17.7. The van der Waals surface area contributed by atoms with Crippen molar-refractivity contribution >= 4 is 41.6 Å². The smallest absolute Gasteiger partial charge is 0.345 e. The third-order valence-electron chi connectivity index (χ3n) is 12.1. The molecule has 0 unspecified atom stereocenters. The van der Waals surface area contributed by atoms with Crippen molar-refractivity contribution in [2.75, 3.05) is 43.0 Å². The molecular weight excluding hydrogens is 799 g/mol. The van der Waals surface area contributed by atoms with E-state index in [-0.39, 0.29) is 35.9 Å². The number of aryl methyl sites for hydroxylation is 2. The first-order valence-electron chi connectivity index (χ1n) is 21.1. The number of fused-ring (bicyclic) bond motifs is 2. The molecule has 0 saturated carbocycles. The molecule has 326 valence electrons. The van der Waals surface area contributed by atoms with Crippen molar-refractivity contribution in [3.05, 3.63) is 101 Å². The summed E-state index contributed by atoms with van der Waals surface area (Å²) in [6, 6.07) is 18.3. The number of rotatable bonds is 7. The van der Waals surface area contributed by atoms with Gasteiger partial charge in [-0.05, 0) is 116 Å². The number of benzene rings is 2. The molecule has 1 atom stereocenters. The molecule has 2 aromatic carbocycles. The molecule has 3 N–H and O–H groups in total. The summed E-state index contributed by atoms with van der Waals surface area (Å²) in [5.41, 5.74) is 8.12. The van der Waals surface area contributed by atoms with Crippen LogP contribution in [0.3, 0.4) is 0 Å². The zero-order valence-corrected chi connectivity index (χ0v) is 38.2. The van der Waals surface area contributed by atoms with Crippen LogP contribution in [0, 0.1) is 13.8 Å². The van der Waals surface area contributed by atoms with Gasteiger partial charge in [-0.2, -0.15) is 18.6 Å². The van der Waals surface area contributed by atoms with Gasteiger partial charge in [0.2, 0.25) is 0 Å². The number of anilines is 2. The predicted octanol–water partition coefficient (Wildman–Crippen LogP) is 7.75. The average Bonchev–Trinajstić information content (AvgIpc) is 3.91. The lowest BCUT2D eigenvalue weighted by molar-refractivity contribution is 0.160. The second-order valence-electron chi connectivity index (χ2n) is 18.0. The van der Waals surface area contributed by atoms with Gasteiger partial charge in [-0.1, -0.05) is 13.0 Å². The molecule has 2 aliphatic heterocycles. The zero-order valence-electron chi connectivity index (χ0n) is 37.2. The number of nitrogens with one attached hydrogen (secondary N) is 2. The van der Waals surface area contributed by atoms with E-state index in [0.29, 0.717) is 40.2 Å². The monoisotopic (exact) mass is 857 g/mol. The SMILES string of the molecule is CCN1CCN(c2ccc3cc(-c4cn5cc(C)nc(C)c5n4)c(=O)oc3c2)C[C@@H]1C.CN(c1ccc(-c2ccc(-c3cn[nH]c3)cc2O)nn1)C1CC(C)(C)NC(C)(C)C1.S. The topological polar surface area (TPSA) is 157 Å². The standard InChI is InChI=1S/C24H27N5O2.C23H30N6O.H2S/c1-5-27-8-9-28(13-16(27)3)19-7-6-18-10-20(24(30)31-22(18)11-19)21-14-29-12-15(2)25-17(4)23(29)26-21;1-22(2)11-17(12-23(3,4)28-22)29(5)21-9-8-19(26-27-21)18-7-6-15(10-20(18)30)16-13-24-25-14-16;/h6-7,10-12,14,16H,5,8-9,13H2,1-4H3;6-10,13-14,17,28,30H,11-12H2,1-5H3,(H,24,25);1H2/t16-;;/m0../s1. The van der Waals surface area contributed by atoms with Crippen LogP contribution in [0.25, 0.3) is 50.3 Å². The second kappa shape index (κ2) is 17.5. The van der Waals surface area contributed by atoms with E-state index >= 15 is 0 Å². The van der Waals surface area contributed by atoms with Crippen LogP contribution in [-0.4, -0.2) is 101 Å². The van der Waals surface area contributed by atoms with E-state index in [1.807, 2.05) is 73.1 Å². The van der Waals surface area contributed by atoms with Gasteiger partial charge < -0.3 is 29.0 Å². The van der Waals surface area contributed by atoms with Gasteiger partial charge in [0.1, 0.15) is 11.3 Å². The minimum atomic E-state index is -0.375. The number of aromatic amines is 1. The highest BCUT2D eigenvalue weighted by atomic mass is 32.1. The Balaban J connectivity index is 0.000000184. The maximum atomic E-state index is 12.8. The number of imidazole rings is 1. The maximum Gasteiger partial charge on any atom is 0.345 e. The van der Waals surface area contributed by atoms with Crippen molar-refractivity contribution in [2.24, 2.45) is 0 Å². The van der Waals surface area contributed by atoms with E-state index in [2.05, 4.69) is 105 Å². The summed E-state index contributed by atoms with van der Waals surface area (Å²) < 4.78 is 7.65. The molecule has 0 radical (unpaired) electrons. The lowest BCUT2D eigenvalue weighted by atomic mass is 9.79. The first kappa shape index (κ1) is 44.3. The van der Waals surface area contributed by atoms with E-state index in [9.17, 15) is 9.90 Å². The van der Waals surface area contributed by atoms with Gasteiger partial charge in [-0.15, -0.1) is 10.2 Å². The van der Waals surface area contributed by atoms with Gasteiger partial charge >= 0.3 is 5.63 Å². The number of piperazine rings is 1. The first-order chi connectivity index (χ1) is 29.1. The lowest BCUT2D eigenvalue weighted by Crippen LogP contribution is -2.62. The van der Waals surface area contributed by atoms with E-state index in [1.165, 1.54) is 0 Å². The summed E-state index contributed by atoms with van der Waals surface area (Å²) >= 11 is 0. The molecule has 7 aromatic rings. The molecule has 14 nitrogen and oxygen atoms in total. The van der Waals surface area contributed by atoms with Gasteiger partial charge in [0.15, 0.2) is 11.5 Å². The van der Waals surface area contributed by atoms with Crippen molar-refractivity contribution < 1.29 is 9.52 Å². The molecule has 9 rings (SSSR count). The van der Waals surface area contributed by atoms with Crippen LogP contribution in [0.15, 0.2) is 88.6 Å². The zero-order chi connectivity index (χ0) is 43.2. The van der Waals surface area contributed by atoms with Crippen LogP contribution in [0.4, 0.5) is 11.5 Å². The fraction of sp³-hybridized carbons (Fsp3) is 0.404. The Morgan fingerprint density at radius 3 is 2.34 bits per heavy atom. The number of nitrogens with zero attached hydrogens (tertiary/aromatic N) is 9. The Bertz CT molecular complexity index is 2710. The molecule has 2 aliphatic rings. The Kier molecular flexibility index (Phi) is 12.5. The molecule has 0 spiro atoms. The number of phenolic OH excluding ortho intramolecular Hbond substituents is 1. The van der Waals surface area contributed by atoms with Crippen LogP contribution in [-0.2, 0) is 0 Å². The number of H-pyrrole nitrogens is 1. The molecule has 0 amide bonds. The highest BCUT2D eigenvalue weighted by Gasteiger charge is 2.39. The van der Waals surface area contributed by atoms with E-state index in [4.69, 9.17) is 4.42 Å². The van der Waals surface area contributed by atoms with E-state index in [0.717, 1.165) is 84.1 Å². The lowest BCUT2D eigenvalue weighted by Gasteiger charge is -2.49. The van der Waals surface area contributed by atoms with E-state index in [1.54, 1.807) is 18.5 Å². The Hall–Kier alpha value is -5.77. The summed E-state index contributed by atoms with van der Waals surface area (Å²) in [6.07, 6.45) is 9.36. The molecule has 5 aromatic heterocycles. The highest BCUT2D eigenvalue weighted by molar-refractivity contribution is 7.59. The van der Waals surface area contributed by atoms with Crippen LogP contribution >= 0.6 is 13.5 Å². The first-order valence-corrected chi connectivity index (χ1v) is 21.1. The molecule has 62 heavy (non-hydrogen) atoms. The Morgan fingerprint density at radius 1 is 0.903 bits per heavy atom. The quantitative estimate of drug-likeness (QED) is 0.134. The van der Waals surface area contributed by atoms with Crippen molar-refractivity contribution in [1.29, 1.82) is 0 Å². The van der Waals surface area contributed by atoms with Crippen LogP contribution < -0.4 is 20.7 Å². The van der Waals surface area contributed by atoms with Gasteiger partial charge in [0, 0.05) is 96.7 Å². The van der Waals surface area contributed by atoms with Gasteiger partial charge in [-0.25, -0.2) is 9.78 Å². The average molecular weight is 858 g/mol. The third kappa shape index (κ3) is 9.34. The van der Waals surface area contributed by atoms with Crippen molar-refractivity contribution in [2.45, 2.75) is 91.4 Å². The summed E-state index contributed by atoms with van der Waals surface area (Å²) in [5.74, 6) is 1.01. The Labute approximate surface area is 369 Å². The fourth-order valence-corrected chi connectivity index (χ4v) is 9.33. The highest BCUT2D eigenvalue weighted by Crippen LogP contribution is 2.35. The van der Waals surface area contributed by atoms with Crippen LogP contribution in [0.1, 0.15) is 65.8 Å². The predicted molar refractivity (Wildman–Crippen MR) is 253 cm³/mol. The van der Waals surface area contributed by atoms with E-state index < -0.39 is 0 Å². The van der Waals surface area contributed by atoms with Gasteiger partial charge in [0.25, 0.3) is 0 Å². The summed E-state index contributed by atoms with van der Waals surface area (Å²) in [4.78, 5) is 29.0. The molecular formula is C47H59N11O3S. The Morgan fingerprint density at radius 2 is 1.68 bits per heavy atom. The minimum Gasteiger partial charge on any atom is -0.507 e.